The fraction of sp³-hybridized carbons (Fsp3) is 0.714. The Morgan fingerprint density at radius 2 is 2.06 bits per heavy atom. The maximum Gasteiger partial charge on any atom is 0.123 e. The lowest BCUT2D eigenvalue weighted by Gasteiger charge is -2.17. The van der Waals surface area contributed by atoms with Crippen molar-refractivity contribution in [3.8, 4) is 0 Å². The summed E-state index contributed by atoms with van der Waals surface area (Å²) in [5, 5.41) is 3.51. The fourth-order valence-electron chi connectivity index (χ4n) is 2.04. The molecule has 2 heteroatoms. The van der Waals surface area contributed by atoms with Crippen LogP contribution in [0.3, 0.4) is 0 Å². The highest BCUT2D eigenvalue weighted by Crippen LogP contribution is 2.24. The Hall–Kier alpha value is -0.760. The second-order valence-electron chi connectivity index (χ2n) is 4.90. The van der Waals surface area contributed by atoms with Gasteiger partial charge in [0.15, 0.2) is 0 Å². The highest BCUT2D eigenvalue weighted by Gasteiger charge is 2.15. The summed E-state index contributed by atoms with van der Waals surface area (Å²) in [7, 11) is 0. The van der Waals surface area contributed by atoms with Crippen LogP contribution < -0.4 is 5.32 Å². The molecule has 0 fully saturated rings. The molecule has 1 N–H and O–H groups in total. The lowest BCUT2D eigenvalue weighted by atomic mass is 10.0. The van der Waals surface area contributed by atoms with Crippen molar-refractivity contribution in [3.63, 3.8) is 0 Å². The third kappa shape index (κ3) is 4.01. The largest absolute Gasteiger partial charge is 0.467 e. The first-order valence-corrected chi connectivity index (χ1v) is 6.42. The Balaban J connectivity index is 2.51. The smallest absolute Gasteiger partial charge is 0.123 e. The van der Waals surface area contributed by atoms with E-state index in [-0.39, 0.29) is 0 Å². The predicted molar refractivity (Wildman–Crippen MR) is 68.6 cm³/mol. The van der Waals surface area contributed by atoms with E-state index in [0.29, 0.717) is 6.04 Å². The lowest BCUT2D eigenvalue weighted by Crippen LogP contribution is -2.21. The molecule has 0 saturated heterocycles. The summed E-state index contributed by atoms with van der Waals surface area (Å²) < 4.78 is 5.57. The lowest BCUT2D eigenvalue weighted by molar-refractivity contribution is 0.380. The van der Waals surface area contributed by atoms with Crippen molar-refractivity contribution in [2.75, 3.05) is 6.54 Å². The third-order valence-electron chi connectivity index (χ3n) is 2.94. The molecule has 0 amide bonds. The summed E-state index contributed by atoms with van der Waals surface area (Å²) in [6.07, 6.45) is 5.51. The summed E-state index contributed by atoms with van der Waals surface area (Å²) >= 11 is 0. The molecule has 1 unspecified atom stereocenters. The first-order valence-electron chi connectivity index (χ1n) is 6.42. The highest BCUT2D eigenvalue weighted by molar-refractivity contribution is 5.18. The molecule has 2 nitrogen and oxygen atoms in total. The molecule has 16 heavy (non-hydrogen) atoms. The van der Waals surface area contributed by atoms with E-state index in [0.717, 1.165) is 18.2 Å². The summed E-state index contributed by atoms with van der Waals surface area (Å²) in [6.45, 7) is 9.81. The normalized spacial score (nSPS) is 13.3. The van der Waals surface area contributed by atoms with Gasteiger partial charge in [0.2, 0.25) is 0 Å². The first-order chi connectivity index (χ1) is 7.65. The molecule has 1 aromatic rings. The molecule has 92 valence electrons. The van der Waals surface area contributed by atoms with E-state index >= 15 is 0 Å². The number of nitrogens with one attached hydrogen (secondary N) is 1. The molecule has 1 aromatic heterocycles. The van der Waals surface area contributed by atoms with Gasteiger partial charge in [0.1, 0.15) is 5.76 Å². The van der Waals surface area contributed by atoms with Gasteiger partial charge in [-0.05, 0) is 37.4 Å². The van der Waals surface area contributed by atoms with Gasteiger partial charge in [-0.2, -0.15) is 0 Å². The Morgan fingerprint density at radius 3 is 2.56 bits per heavy atom. The van der Waals surface area contributed by atoms with Gasteiger partial charge in [-0.1, -0.05) is 33.6 Å². The molecule has 0 radical (unpaired) electrons. The molecule has 0 spiro atoms. The molecular weight excluding hydrogens is 198 g/mol. The number of hydrogen-bond donors (Lipinski definition) is 1. The molecule has 0 aliphatic rings. The van der Waals surface area contributed by atoms with Gasteiger partial charge in [0.05, 0.1) is 12.3 Å². The van der Waals surface area contributed by atoms with Crippen molar-refractivity contribution in [1.82, 2.24) is 5.32 Å². The number of aryl methyl sites for hydroxylation is 1. The minimum absolute atomic E-state index is 0.388. The maximum absolute atomic E-state index is 5.57. The van der Waals surface area contributed by atoms with Gasteiger partial charge in [0, 0.05) is 0 Å². The first kappa shape index (κ1) is 13.3. The topological polar surface area (TPSA) is 25.2 Å². The van der Waals surface area contributed by atoms with Gasteiger partial charge in [0.25, 0.3) is 0 Å². The van der Waals surface area contributed by atoms with Crippen LogP contribution in [0.5, 0.6) is 0 Å². The standard InChI is InChI=1S/C14H25NO/c1-5-15-13(8-6-7-11(2)3)14-12(4)9-10-16-14/h9-11,13,15H,5-8H2,1-4H3. The molecule has 1 heterocycles. The van der Waals surface area contributed by atoms with Crippen LogP contribution in [0.1, 0.15) is 57.4 Å². The summed E-state index contributed by atoms with van der Waals surface area (Å²) in [6, 6.07) is 2.43. The Kier molecular flexibility index (Phi) is 5.61. The summed E-state index contributed by atoms with van der Waals surface area (Å²) in [4.78, 5) is 0. The van der Waals surface area contributed by atoms with Crippen molar-refractivity contribution in [2.45, 2.75) is 53.0 Å². The van der Waals surface area contributed by atoms with Crippen molar-refractivity contribution < 1.29 is 4.42 Å². The summed E-state index contributed by atoms with van der Waals surface area (Å²) in [5.74, 6) is 1.91. The van der Waals surface area contributed by atoms with E-state index in [4.69, 9.17) is 4.42 Å². The van der Waals surface area contributed by atoms with E-state index in [1.807, 2.05) is 6.07 Å². The van der Waals surface area contributed by atoms with E-state index in [1.165, 1.54) is 24.8 Å². The van der Waals surface area contributed by atoms with Gasteiger partial charge in [-0.3, -0.25) is 0 Å². The molecule has 0 aliphatic carbocycles. The second kappa shape index (κ2) is 6.74. The second-order valence-corrected chi connectivity index (χ2v) is 4.90. The average molecular weight is 223 g/mol. The highest BCUT2D eigenvalue weighted by atomic mass is 16.3. The van der Waals surface area contributed by atoms with Crippen LogP contribution in [0.2, 0.25) is 0 Å². The zero-order valence-electron chi connectivity index (χ0n) is 11.0. The zero-order chi connectivity index (χ0) is 12.0. The van der Waals surface area contributed by atoms with E-state index in [2.05, 4.69) is 33.0 Å². The monoisotopic (exact) mass is 223 g/mol. The van der Waals surface area contributed by atoms with Crippen LogP contribution in [0, 0.1) is 12.8 Å². The third-order valence-corrected chi connectivity index (χ3v) is 2.94. The van der Waals surface area contributed by atoms with Gasteiger partial charge < -0.3 is 9.73 Å². The van der Waals surface area contributed by atoms with Crippen molar-refractivity contribution in [3.05, 3.63) is 23.7 Å². The minimum atomic E-state index is 0.388. The quantitative estimate of drug-likeness (QED) is 0.754. The Labute approximate surface area is 99.4 Å². The fourth-order valence-corrected chi connectivity index (χ4v) is 2.04. The number of rotatable bonds is 7. The number of furan rings is 1. The average Bonchev–Trinajstić information content (AvgIpc) is 2.63. The SMILES string of the molecule is CCNC(CCCC(C)C)c1occc1C. The van der Waals surface area contributed by atoms with Crippen LogP contribution in [0.4, 0.5) is 0 Å². The van der Waals surface area contributed by atoms with Gasteiger partial charge >= 0.3 is 0 Å². The van der Waals surface area contributed by atoms with E-state index in [1.54, 1.807) is 6.26 Å². The van der Waals surface area contributed by atoms with Crippen molar-refractivity contribution >= 4 is 0 Å². The molecule has 1 rings (SSSR count). The molecular formula is C14H25NO. The van der Waals surface area contributed by atoms with Crippen molar-refractivity contribution in [1.29, 1.82) is 0 Å². The Bertz CT molecular complexity index is 291. The molecule has 0 aromatic carbocycles. The predicted octanol–water partition coefficient (Wildman–Crippen LogP) is 4.06. The van der Waals surface area contributed by atoms with Crippen LogP contribution in [0.25, 0.3) is 0 Å². The van der Waals surface area contributed by atoms with Gasteiger partial charge in [-0.25, -0.2) is 0 Å². The zero-order valence-corrected chi connectivity index (χ0v) is 11.0. The van der Waals surface area contributed by atoms with Gasteiger partial charge in [-0.15, -0.1) is 0 Å². The van der Waals surface area contributed by atoms with E-state index < -0.39 is 0 Å². The van der Waals surface area contributed by atoms with Crippen LogP contribution in [-0.2, 0) is 0 Å². The van der Waals surface area contributed by atoms with Crippen LogP contribution in [-0.4, -0.2) is 6.54 Å². The molecule has 0 bridgehead atoms. The van der Waals surface area contributed by atoms with Crippen molar-refractivity contribution in [2.24, 2.45) is 5.92 Å². The minimum Gasteiger partial charge on any atom is -0.467 e. The Morgan fingerprint density at radius 1 is 1.31 bits per heavy atom. The van der Waals surface area contributed by atoms with Crippen LogP contribution in [0.15, 0.2) is 16.7 Å². The van der Waals surface area contributed by atoms with E-state index in [9.17, 15) is 0 Å². The maximum atomic E-state index is 5.57. The number of hydrogen-bond acceptors (Lipinski definition) is 2. The van der Waals surface area contributed by atoms with Crippen LogP contribution >= 0.6 is 0 Å². The summed E-state index contributed by atoms with van der Waals surface area (Å²) in [5.41, 5.74) is 1.26. The molecule has 1 atom stereocenters. The molecule has 0 saturated carbocycles. The molecule has 0 aliphatic heterocycles.